The number of rotatable bonds is 5. The number of hydrogen-bond acceptors (Lipinski definition) is 4. The molecule has 0 fully saturated rings. The van der Waals surface area contributed by atoms with Crippen molar-refractivity contribution in [3.8, 4) is 0 Å². The molecule has 0 aliphatic rings. The first-order chi connectivity index (χ1) is 7.71. The second-order valence-electron chi connectivity index (χ2n) is 4.92. The van der Waals surface area contributed by atoms with Gasteiger partial charge in [-0.2, -0.15) is 0 Å². The topological polar surface area (TPSA) is 64.6 Å². The number of nitrogens with one attached hydrogen (secondary N) is 1. The van der Waals surface area contributed by atoms with E-state index < -0.39 is 17.7 Å². The fourth-order valence-corrected chi connectivity index (χ4v) is 1.43. The van der Waals surface area contributed by atoms with E-state index in [0.717, 1.165) is 0 Å². The molecule has 2 atom stereocenters. The Morgan fingerprint density at radius 1 is 1.29 bits per heavy atom. The normalized spacial score (nSPS) is 14.9. The molecule has 0 saturated carbocycles. The summed E-state index contributed by atoms with van der Waals surface area (Å²) in [6.07, 6.45) is -0.301. The third-order valence-electron chi connectivity index (χ3n) is 2.19. The van der Waals surface area contributed by atoms with Crippen LogP contribution in [0.4, 0.5) is 4.79 Å². The molecule has 0 aliphatic carbocycles. The van der Waals surface area contributed by atoms with Gasteiger partial charge in [-0.25, -0.2) is 4.79 Å². The molecular formula is C12H23NO4. The monoisotopic (exact) mass is 245 g/mol. The van der Waals surface area contributed by atoms with Crippen LogP contribution >= 0.6 is 0 Å². The molecule has 1 N–H and O–H groups in total. The van der Waals surface area contributed by atoms with Gasteiger partial charge in [0.1, 0.15) is 11.6 Å². The minimum absolute atomic E-state index is 0.149. The second-order valence-corrected chi connectivity index (χ2v) is 4.92. The summed E-state index contributed by atoms with van der Waals surface area (Å²) in [7, 11) is 1.51. The van der Waals surface area contributed by atoms with Crippen LogP contribution in [-0.2, 0) is 14.3 Å². The van der Waals surface area contributed by atoms with Gasteiger partial charge in [0.25, 0.3) is 0 Å². The number of ketones is 1. The van der Waals surface area contributed by atoms with Crippen LogP contribution < -0.4 is 5.32 Å². The van der Waals surface area contributed by atoms with E-state index in [1.807, 2.05) is 6.92 Å². The lowest BCUT2D eigenvalue weighted by atomic mass is 10.1. The second kappa shape index (κ2) is 6.59. The Hall–Kier alpha value is -1.10. The zero-order valence-corrected chi connectivity index (χ0v) is 11.5. The van der Waals surface area contributed by atoms with Gasteiger partial charge in [0.15, 0.2) is 5.78 Å². The van der Waals surface area contributed by atoms with Crippen LogP contribution in [0.3, 0.4) is 0 Å². The van der Waals surface area contributed by atoms with E-state index in [1.165, 1.54) is 14.0 Å². The van der Waals surface area contributed by atoms with Crippen molar-refractivity contribution in [1.82, 2.24) is 5.32 Å². The van der Waals surface area contributed by atoms with E-state index in [1.54, 1.807) is 20.8 Å². The van der Waals surface area contributed by atoms with Crippen LogP contribution in [0.5, 0.6) is 0 Å². The first kappa shape index (κ1) is 15.9. The molecule has 5 nitrogen and oxygen atoms in total. The first-order valence-electron chi connectivity index (χ1n) is 5.74. The highest BCUT2D eigenvalue weighted by Crippen LogP contribution is 2.09. The van der Waals surface area contributed by atoms with E-state index >= 15 is 0 Å². The summed E-state index contributed by atoms with van der Waals surface area (Å²) in [6.45, 7) is 8.61. The Labute approximate surface area is 103 Å². The molecule has 0 aromatic rings. The summed E-state index contributed by atoms with van der Waals surface area (Å²) < 4.78 is 10.3. The number of alkyl carbamates (subject to hydrolysis) is 1. The first-order valence-corrected chi connectivity index (χ1v) is 5.74. The molecule has 5 heteroatoms. The van der Waals surface area contributed by atoms with Crippen molar-refractivity contribution in [1.29, 1.82) is 0 Å². The van der Waals surface area contributed by atoms with Crippen LogP contribution in [-0.4, -0.2) is 36.7 Å². The SMILES string of the molecule is CC[C@H](OC)[C@H](NC(=O)OC(C)(C)C)C(C)=O. The minimum Gasteiger partial charge on any atom is -0.444 e. The Morgan fingerprint density at radius 3 is 2.12 bits per heavy atom. The van der Waals surface area contributed by atoms with Crippen LogP contribution in [0.15, 0.2) is 0 Å². The van der Waals surface area contributed by atoms with E-state index in [0.29, 0.717) is 6.42 Å². The van der Waals surface area contributed by atoms with Gasteiger partial charge in [-0.05, 0) is 34.1 Å². The number of amides is 1. The van der Waals surface area contributed by atoms with Crippen LogP contribution in [0.25, 0.3) is 0 Å². The summed E-state index contributed by atoms with van der Waals surface area (Å²) in [4.78, 5) is 23.0. The van der Waals surface area contributed by atoms with E-state index in [9.17, 15) is 9.59 Å². The molecule has 0 aliphatic heterocycles. The molecule has 0 rings (SSSR count). The van der Waals surface area contributed by atoms with Gasteiger partial charge in [-0.15, -0.1) is 0 Å². The maximum absolute atomic E-state index is 11.6. The molecule has 17 heavy (non-hydrogen) atoms. The maximum atomic E-state index is 11.6. The lowest BCUT2D eigenvalue weighted by molar-refractivity contribution is -0.122. The number of carbonyl (C=O) groups excluding carboxylic acids is 2. The molecule has 0 spiro atoms. The zero-order chi connectivity index (χ0) is 13.6. The molecule has 0 aromatic carbocycles. The number of carbonyl (C=O) groups is 2. The Kier molecular flexibility index (Phi) is 6.16. The van der Waals surface area contributed by atoms with Gasteiger partial charge in [0, 0.05) is 7.11 Å². The van der Waals surface area contributed by atoms with E-state index in [-0.39, 0.29) is 11.9 Å². The highest BCUT2D eigenvalue weighted by Gasteiger charge is 2.28. The van der Waals surface area contributed by atoms with Crippen LogP contribution in [0, 0.1) is 0 Å². The Bertz CT molecular complexity index is 266. The molecule has 0 unspecified atom stereocenters. The van der Waals surface area contributed by atoms with E-state index in [2.05, 4.69) is 5.32 Å². The van der Waals surface area contributed by atoms with Gasteiger partial charge in [0.05, 0.1) is 6.10 Å². The lowest BCUT2D eigenvalue weighted by Crippen LogP contribution is -2.49. The van der Waals surface area contributed by atoms with Crippen LogP contribution in [0.2, 0.25) is 0 Å². The summed E-state index contributed by atoms with van der Waals surface area (Å²) in [5.41, 5.74) is -0.583. The molecule has 1 amide bonds. The number of methoxy groups -OCH3 is 1. The molecule has 0 bridgehead atoms. The Morgan fingerprint density at radius 2 is 1.82 bits per heavy atom. The predicted molar refractivity (Wildman–Crippen MR) is 64.9 cm³/mol. The lowest BCUT2D eigenvalue weighted by Gasteiger charge is -2.26. The highest BCUT2D eigenvalue weighted by molar-refractivity contribution is 5.86. The third kappa shape index (κ3) is 6.26. The van der Waals surface area contributed by atoms with Gasteiger partial charge in [0.2, 0.25) is 0 Å². The number of ether oxygens (including phenoxy) is 2. The van der Waals surface area contributed by atoms with Crippen molar-refractivity contribution in [3.63, 3.8) is 0 Å². The van der Waals surface area contributed by atoms with Crippen molar-refractivity contribution in [3.05, 3.63) is 0 Å². The Balaban J connectivity index is 4.56. The number of Topliss-reactive ketones (excluding diaryl/α,β-unsaturated/α-hetero) is 1. The van der Waals surface area contributed by atoms with Gasteiger partial charge in [-0.3, -0.25) is 4.79 Å². The average Bonchev–Trinajstić information content (AvgIpc) is 2.14. The van der Waals surface area contributed by atoms with Crippen molar-refractivity contribution in [2.24, 2.45) is 0 Å². The van der Waals surface area contributed by atoms with Crippen molar-refractivity contribution >= 4 is 11.9 Å². The van der Waals surface area contributed by atoms with Gasteiger partial charge in [-0.1, -0.05) is 6.92 Å². The van der Waals surface area contributed by atoms with Gasteiger partial charge < -0.3 is 14.8 Å². The fourth-order valence-electron chi connectivity index (χ4n) is 1.43. The summed E-state index contributed by atoms with van der Waals surface area (Å²) in [5.74, 6) is -0.149. The molecule has 100 valence electrons. The minimum atomic E-state index is -0.667. The van der Waals surface area contributed by atoms with E-state index in [4.69, 9.17) is 9.47 Å². The average molecular weight is 245 g/mol. The molecule has 0 radical (unpaired) electrons. The van der Waals surface area contributed by atoms with Crippen LogP contribution in [0.1, 0.15) is 41.0 Å². The quantitative estimate of drug-likeness (QED) is 0.803. The van der Waals surface area contributed by atoms with Gasteiger partial charge >= 0.3 is 6.09 Å². The standard InChI is InChI=1S/C12H23NO4/c1-7-9(16-6)10(8(2)14)13-11(15)17-12(3,4)5/h9-10H,7H2,1-6H3,(H,13,15)/t9-,10+/m0/s1. The van der Waals surface area contributed by atoms with Crippen molar-refractivity contribution < 1.29 is 19.1 Å². The summed E-state index contributed by atoms with van der Waals surface area (Å²) in [5, 5.41) is 2.54. The summed E-state index contributed by atoms with van der Waals surface area (Å²) in [6, 6.07) is -0.667. The maximum Gasteiger partial charge on any atom is 0.408 e. The molecule has 0 heterocycles. The largest absolute Gasteiger partial charge is 0.444 e. The molecular weight excluding hydrogens is 222 g/mol. The molecule has 0 aromatic heterocycles. The molecule has 0 saturated heterocycles. The smallest absolute Gasteiger partial charge is 0.408 e. The highest BCUT2D eigenvalue weighted by atomic mass is 16.6. The predicted octanol–water partition coefficient (Wildman–Crippen LogP) is 1.89. The van der Waals surface area contributed by atoms with Crippen molar-refractivity contribution in [2.75, 3.05) is 7.11 Å². The summed E-state index contributed by atoms with van der Waals surface area (Å²) >= 11 is 0. The fraction of sp³-hybridized carbons (Fsp3) is 0.833. The third-order valence-corrected chi connectivity index (χ3v) is 2.19. The van der Waals surface area contributed by atoms with Crippen molar-refractivity contribution in [2.45, 2.75) is 58.8 Å². The number of hydrogen-bond donors (Lipinski definition) is 1. The zero-order valence-electron chi connectivity index (χ0n) is 11.5.